The minimum atomic E-state index is -0.586. The molecule has 0 saturated heterocycles. The normalized spacial score (nSPS) is 28.6. The van der Waals surface area contributed by atoms with Crippen LogP contribution < -0.4 is 4.74 Å². The van der Waals surface area contributed by atoms with E-state index in [0.717, 1.165) is 43.4 Å². The molecule has 1 aromatic rings. The van der Waals surface area contributed by atoms with E-state index in [1.54, 1.807) is 6.07 Å². The number of ether oxygens (including phenoxy) is 2. The molecule has 0 bridgehead atoms. The van der Waals surface area contributed by atoms with Crippen LogP contribution in [0.2, 0.25) is 0 Å². The molecule has 0 aromatic heterocycles. The van der Waals surface area contributed by atoms with E-state index in [1.807, 2.05) is 0 Å². The van der Waals surface area contributed by atoms with Crippen LogP contribution in [0.5, 0.6) is 5.75 Å². The molecule has 2 aliphatic carbocycles. The Labute approximate surface area is 162 Å². The second-order valence-corrected chi connectivity index (χ2v) is 8.36. The highest BCUT2D eigenvalue weighted by molar-refractivity contribution is 5.90. The number of rotatable bonds is 6. The Morgan fingerprint density at radius 2 is 1.67 bits per heavy atom. The van der Waals surface area contributed by atoms with Gasteiger partial charge in [0.25, 0.3) is 0 Å². The van der Waals surface area contributed by atoms with Crippen molar-refractivity contribution < 1.29 is 18.7 Å². The van der Waals surface area contributed by atoms with Crippen LogP contribution in [0.1, 0.15) is 81.5 Å². The number of carbonyl (C=O) groups excluding carboxylic acids is 1. The fourth-order valence-corrected chi connectivity index (χ4v) is 5.04. The predicted octanol–water partition coefficient (Wildman–Crippen LogP) is 6.16. The number of halogens is 1. The molecule has 3 nitrogen and oxygen atoms in total. The van der Waals surface area contributed by atoms with E-state index in [1.165, 1.54) is 57.8 Å². The van der Waals surface area contributed by atoms with Crippen molar-refractivity contribution in [3.8, 4) is 5.75 Å². The summed E-state index contributed by atoms with van der Waals surface area (Å²) in [6.07, 6.45) is 12.2. The molecule has 0 amide bonds. The van der Waals surface area contributed by atoms with Crippen molar-refractivity contribution in [3.05, 3.63) is 29.6 Å². The third-order valence-corrected chi connectivity index (χ3v) is 6.64. The Bertz CT molecular complexity index is 614. The quantitative estimate of drug-likeness (QED) is 0.558. The standard InChI is InChI=1S/C23H33FO3/c1-3-4-16-5-7-17(8-6-16)18-9-11-19(12-10-18)27-23(25)21-14-13-20(26-2)15-22(21)24/h13-19H,3-12H2,1-2H3. The molecule has 0 spiro atoms. The maximum Gasteiger partial charge on any atom is 0.341 e. The Balaban J connectivity index is 1.45. The molecule has 0 N–H and O–H groups in total. The summed E-state index contributed by atoms with van der Waals surface area (Å²) in [7, 11) is 1.47. The van der Waals surface area contributed by atoms with Gasteiger partial charge in [-0.2, -0.15) is 0 Å². The number of benzene rings is 1. The van der Waals surface area contributed by atoms with Gasteiger partial charge in [-0.25, -0.2) is 9.18 Å². The Hall–Kier alpha value is -1.58. The maximum absolute atomic E-state index is 14.1. The summed E-state index contributed by atoms with van der Waals surface area (Å²) >= 11 is 0. The van der Waals surface area contributed by atoms with Gasteiger partial charge in [0, 0.05) is 6.07 Å². The van der Waals surface area contributed by atoms with E-state index in [2.05, 4.69) is 6.92 Å². The molecule has 4 heteroatoms. The third-order valence-electron chi connectivity index (χ3n) is 6.64. The lowest BCUT2D eigenvalue weighted by Crippen LogP contribution is -2.30. The smallest absolute Gasteiger partial charge is 0.341 e. The van der Waals surface area contributed by atoms with E-state index in [9.17, 15) is 9.18 Å². The summed E-state index contributed by atoms with van der Waals surface area (Å²) in [5.74, 6) is 1.84. The summed E-state index contributed by atoms with van der Waals surface area (Å²) in [6.45, 7) is 2.28. The van der Waals surface area contributed by atoms with Crippen LogP contribution in [0.15, 0.2) is 18.2 Å². The van der Waals surface area contributed by atoms with Crippen LogP contribution in [0, 0.1) is 23.6 Å². The van der Waals surface area contributed by atoms with Gasteiger partial charge in [0.05, 0.1) is 12.7 Å². The fraction of sp³-hybridized carbons (Fsp3) is 0.696. The molecule has 2 aliphatic rings. The van der Waals surface area contributed by atoms with Crippen molar-refractivity contribution in [2.24, 2.45) is 17.8 Å². The van der Waals surface area contributed by atoms with Gasteiger partial charge in [0.2, 0.25) is 0 Å². The van der Waals surface area contributed by atoms with Gasteiger partial charge in [0.1, 0.15) is 17.7 Å². The minimum absolute atomic E-state index is 0.00725. The topological polar surface area (TPSA) is 35.5 Å². The zero-order valence-corrected chi connectivity index (χ0v) is 16.7. The summed E-state index contributed by atoms with van der Waals surface area (Å²) in [5.41, 5.74) is -0.00725. The van der Waals surface area contributed by atoms with Gasteiger partial charge in [-0.05, 0) is 68.4 Å². The Kier molecular flexibility index (Phi) is 7.14. The molecule has 0 unspecified atom stereocenters. The molecule has 3 rings (SSSR count). The van der Waals surface area contributed by atoms with Gasteiger partial charge in [-0.15, -0.1) is 0 Å². The molecule has 0 atom stereocenters. The SMILES string of the molecule is CCCC1CCC(C2CCC(OC(=O)c3ccc(OC)cc3F)CC2)CC1. The van der Waals surface area contributed by atoms with Crippen molar-refractivity contribution in [2.45, 2.75) is 77.2 Å². The average Bonchev–Trinajstić information content (AvgIpc) is 2.69. The van der Waals surface area contributed by atoms with E-state index in [-0.39, 0.29) is 11.7 Å². The number of hydrogen-bond donors (Lipinski definition) is 0. The summed E-state index contributed by atoms with van der Waals surface area (Å²) < 4.78 is 24.6. The molecule has 0 radical (unpaired) electrons. The molecule has 27 heavy (non-hydrogen) atoms. The molecular weight excluding hydrogens is 343 g/mol. The highest BCUT2D eigenvalue weighted by Crippen LogP contribution is 2.41. The monoisotopic (exact) mass is 376 g/mol. The first-order valence-corrected chi connectivity index (χ1v) is 10.6. The van der Waals surface area contributed by atoms with Gasteiger partial charge in [-0.1, -0.05) is 32.6 Å². The largest absolute Gasteiger partial charge is 0.497 e. The second kappa shape index (κ2) is 9.57. The summed E-state index contributed by atoms with van der Waals surface area (Å²) in [4.78, 5) is 12.3. The van der Waals surface area contributed by atoms with Crippen LogP contribution >= 0.6 is 0 Å². The van der Waals surface area contributed by atoms with Crippen molar-refractivity contribution in [1.82, 2.24) is 0 Å². The zero-order chi connectivity index (χ0) is 19.2. The van der Waals surface area contributed by atoms with Gasteiger partial charge < -0.3 is 9.47 Å². The van der Waals surface area contributed by atoms with Crippen LogP contribution in [0.4, 0.5) is 4.39 Å². The van der Waals surface area contributed by atoms with E-state index < -0.39 is 11.8 Å². The Morgan fingerprint density at radius 1 is 1.04 bits per heavy atom. The first-order chi connectivity index (χ1) is 13.1. The molecule has 0 aliphatic heterocycles. The summed E-state index contributed by atoms with van der Waals surface area (Å²) in [6, 6.07) is 4.25. The lowest BCUT2D eigenvalue weighted by atomic mass is 9.70. The van der Waals surface area contributed by atoms with Crippen molar-refractivity contribution in [2.75, 3.05) is 7.11 Å². The number of carbonyl (C=O) groups is 1. The highest BCUT2D eigenvalue weighted by Gasteiger charge is 2.32. The number of hydrogen-bond acceptors (Lipinski definition) is 3. The van der Waals surface area contributed by atoms with Crippen molar-refractivity contribution >= 4 is 5.97 Å². The van der Waals surface area contributed by atoms with Gasteiger partial charge in [0.15, 0.2) is 0 Å². The van der Waals surface area contributed by atoms with Crippen molar-refractivity contribution in [1.29, 1.82) is 0 Å². The zero-order valence-electron chi connectivity index (χ0n) is 16.7. The lowest BCUT2D eigenvalue weighted by Gasteiger charge is -2.37. The van der Waals surface area contributed by atoms with E-state index in [0.29, 0.717) is 5.75 Å². The third kappa shape index (κ3) is 5.24. The van der Waals surface area contributed by atoms with Crippen molar-refractivity contribution in [3.63, 3.8) is 0 Å². The van der Waals surface area contributed by atoms with Gasteiger partial charge >= 0.3 is 5.97 Å². The van der Waals surface area contributed by atoms with Crippen LogP contribution in [0.3, 0.4) is 0 Å². The molecule has 2 fully saturated rings. The molecule has 0 heterocycles. The molecule has 1 aromatic carbocycles. The maximum atomic E-state index is 14.1. The van der Waals surface area contributed by atoms with Gasteiger partial charge in [-0.3, -0.25) is 0 Å². The van der Waals surface area contributed by atoms with E-state index >= 15 is 0 Å². The highest BCUT2D eigenvalue weighted by atomic mass is 19.1. The molecular formula is C23H33FO3. The first kappa shape index (κ1) is 20.2. The first-order valence-electron chi connectivity index (χ1n) is 10.6. The lowest BCUT2D eigenvalue weighted by molar-refractivity contribution is 0.0105. The second-order valence-electron chi connectivity index (χ2n) is 8.36. The average molecular weight is 377 g/mol. The number of esters is 1. The molecule has 150 valence electrons. The van der Waals surface area contributed by atoms with Crippen LogP contribution in [-0.2, 0) is 4.74 Å². The van der Waals surface area contributed by atoms with Crippen LogP contribution in [-0.4, -0.2) is 19.2 Å². The Morgan fingerprint density at radius 3 is 2.22 bits per heavy atom. The predicted molar refractivity (Wildman–Crippen MR) is 104 cm³/mol. The summed E-state index contributed by atoms with van der Waals surface area (Å²) in [5, 5.41) is 0. The molecule has 2 saturated carbocycles. The number of methoxy groups -OCH3 is 1. The fourth-order valence-electron chi connectivity index (χ4n) is 5.04. The minimum Gasteiger partial charge on any atom is -0.497 e. The van der Waals surface area contributed by atoms with Crippen LogP contribution in [0.25, 0.3) is 0 Å². The van der Waals surface area contributed by atoms with E-state index in [4.69, 9.17) is 9.47 Å².